The number of ether oxygens (including phenoxy) is 3. The van der Waals surface area contributed by atoms with Crippen LogP contribution in [0.1, 0.15) is 232 Å². The van der Waals surface area contributed by atoms with Gasteiger partial charge in [-0.15, -0.1) is 0 Å². The molecule has 8 nitrogen and oxygen atoms in total. The maximum absolute atomic E-state index is 12.6. The summed E-state index contributed by atoms with van der Waals surface area (Å²) in [7, 11) is 1.51. The summed E-state index contributed by atoms with van der Waals surface area (Å²) in [6.45, 7) is 4.17. The van der Waals surface area contributed by atoms with E-state index < -0.39 is 12.1 Å². The standard InChI is InChI=1S/C44H83NO7/c1-4-6-8-10-12-14-16-18-20-22-24-26-28-30-32-34-42(47)50-38-40(39-51-43(48)37-36-41(46)45-3)52-44(49)35-33-31-29-27-25-23-21-19-17-15-13-11-9-7-5-2/h40H,4-39H2,1-3H3,(H,45,46)/t40-/m1/s1. The molecule has 0 aliphatic heterocycles. The van der Waals surface area contributed by atoms with Crippen molar-refractivity contribution in [1.82, 2.24) is 5.32 Å². The molecular weight excluding hydrogens is 654 g/mol. The molecule has 0 rings (SSSR count). The molecule has 8 heteroatoms. The van der Waals surface area contributed by atoms with Crippen molar-refractivity contribution < 1.29 is 33.4 Å². The Labute approximate surface area is 320 Å². The van der Waals surface area contributed by atoms with Gasteiger partial charge in [-0.05, 0) is 12.8 Å². The number of esters is 3. The summed E-state index contributed by atoms with van der Waals surface area (Å²) in [5.74, 6) is -1.52. The lowest BCUT2D eigenvalue weighted by atomic mass is 10.0. The van der Waals surface area contributed by atoms with Crippen molar-refractivity contribution in [1.29, 1.82) is 0 Å². The molecule has 0 spiro atoms. The van der Waals surface area contributed by atoms with Crippen LogP contribution >= 0.6 is 0 Å². The van der Waals surface area contributed by atoms with E-state index in [2.05, 4.69) is 19.2 Å². The first-order chi connectivity index (χ1) is 25.4. The molecule has 0 aliphatic rings. The molecule has 0 heterocycles. The number of nitrogens with one attached hydrogen (secondary N) is 1. The number of rotatable bonds is 40. The van der Waals surface area contributed by atoms with Gasteiger partial charge in [0.2, 0.25) is 5.91 Å². The van der Waals surface area contributed by atoms with E-state index in [4.69, 9.17) is 14.2 Å². The molecule has 0 fully saturated rings. The molecular formula is C44H83NO7. The van der Waals surface area contributed by atoms with Crippen LogP contribution < -0.4 is 5.32 Å². The summed E-state index contributed by atoms with van der Waals surface area (Å²) in [5, 5.41) is 2.47. The smallest absolute Gasteiger partial charge is 0.306 e. The topological polar surface area (TPSA) is 108 Å². The minimum atomic E-state index is -0.863. The van der Waals surface area contributed by atoms with E-state index in [1.807, 2.05) is 0 Å². The van der Waals surface area contributed by atoms with Gasteiger partial charge in [-0.3, -0.25) is 19.2 Å². The van der Waals surface area contributed by atoms with Gasteiger partial charge in [-0.2, -0.15) is 0 Å². The highest BCUT2D eigenvalue weighted by Crippen LogP contribution is 2.16. The van der Waals surface area contributed by atoms with Crippen molar-refractivity contribution in [2.24, 2.45) is 0 Å². The van der Waals surface area contributed by atoms with Gasteiger partial charge in [0.05, 0.1) is 6.42 Å². The van der Waals surface area contributed by atoms with Crippen LogP contribution in [0, 0.1) is 0 Å². The predicted molar refractivity (Wildman–Crippen MR) is 214 cm³/mol. The fourth-order valence-electron chi connectivity index (χ4n) is 6.50. The second-order valence-electron chi connectivity index (χ2n) is 15.1. The van der Waals surface area contributed by atoms with Crippen molar-refractivity contribution >= 4 is 23.8 Å². The summed E-state index contributed by atoms with van der Waals surface area (Å²) in [6.07, 6.45) is 37.5. The zero-order valence-corrected chi connectivity index (χ0v) is 34.4. The van der Waals surface area contributed by atoms with Crippen molar-refractivity contribution in [3.8, 4) is 0 Å². The molecule has 0 radical (unpaired) electrons. The van der Waals surface area contributed by atoms with E-state index in [1.165, 1.54) is 161 Å². The van der Waals surface area contributed by atoms with Gasteiger partial charge < -0.3 is 19.5 Å². The Bertz CT molecular complexity index is 833. The van der Waals surface area contributed by atoms with Crippen LogP contribution in [-0.2, 0) is 33.4 Å². The van der Waals surface area contributed by atoms with Crippen molar-refractivity contribution in [3.05, 3.63) is 0 Å². The number of unbranched alkanes of at least 4 members (excludes halogenated alkanes) is 28. The third-order valence-corrected chi connectivity index (χ3v) is 9.96. The van der Waals surface area contributed by atoms with Crippen LogP contribution in [0.5, 0.6) is 0 Å². The molecule has 0 aromatic rings. The lowest BCUT2D eigenvalue weighted by Crippen LogP contribution is -2.31. The molecule has 0 aromatic carbocycles. The molecule has 0 bridgehead atoms. The first-order valence-corrected chi connectivity index (χ1v) is 22.1. The molecule has 0 saturated heterocycles. The van der Waals surface area contributed by atoms with Gasteiger partial charge in [0.25, 0.3) is 0 Å². The lowest BCUT2D eigenvalue weighted by Gasteiger charge is -2.18. The Hall–Kier alpha value is -2.12. The maximum Gasteiger partial charge on any atom is 0.306 e. The highest BCUT2D eigenvalue weighted by atomic mass is 16.6. The number of hydrogen-bond donors (Lipinski definition) is 1. The summed E-state index contributed by atoms with van der Waals surface area (Å²) < 4.78 is 16.3. The van der Waals surface area contributed by atoms with E-state index in [0.717, 1.165) is 38.5 Å². The van der Waals surface area contributed by atoms with E-state index in [9.17, 15) is 19.2 Å². The van der Waals surface area contributed by atoms with Gasteiger partial charge in [0.15, 0.2) is 6.10 Å². The van der Waals surface area contributed by atoms with E-state index in [1.54, 1.807) is 0 Å². The zero-order chi connectivity index (χ0) is 38.2. The van der Waals surface area contributed by atoms with E-state index >= 15 is 0 Å². The fraction of sp³-hybridized carbons (Fsp3) is 0.909. The summed E-state index contributed by atoms with van der Waals surface area (Å²) in [5.41, 5.74) is 0. The average Bonchev–Trinajstić information content (AvgIpc) is 3.14. The predicted octanol–water partition coefficient (Wildman–Crippen LogP) is 12.0. The number of carbonyl (C=O) groups is 4. The summed E-state index contributed by atoms with van der Waals surface area (Å²) in [6, 6.07) is 0. The van der Waals surface area contributed by atoms with E-state index in [0.29, 0.717) is 6.42 Å². The molecule has 52 heavy (non-hydrogen) atoms. The van der Waals surface area contributed by atoms with Gasteiger partial charge in [-0.1, -0.05) is 194 Å². The van der Waals surface area contributed by atoms with Gasteiger partial charge in [0.1, 0.15) is 13.2 Å². The highest BCUT2D eigenvalue weighted by Gasteiger charge is 2.20. The molecule has 0 unspecified atom stereocenters. The van der Waals surface area contributed by atoms with E-state index in [-0.39, 0.29) is 50.3 Å². The zero-order valence-electron chi connectivity index (χ0n) is 34.4. The number of amides is 1. The summed E-state index contributed by atoms with van der Waals surface area (Å²) in [4.78, 5) is 48.6. The molecule has 0 aliphatic carbocycles. The van der Waals surface area contributed by atoms with Crippen molar-refractivity contribution in [3.63, 3.8) is 0 Å². The molecule has 1 amide bonds. The Kier molecular flexibility index (Phi) is 38.4. The first-order valence-electron chi connectivity index (χ1n) is 22.1. The van der Waals surface area contributed by atoms with Crippen LogP contribution in [0.15, 0.2) is 0 Å². The third-order valence-electron chi connectivity index (χ3n) is 9.96. The highest BCUT2D eigenvalue weighted by molar-refractivity contribution is 5.81. The lowest BCUT2D eigenvalue weighted by molar-refractivity contribution is -0.167. The monoisotopic (exact) mass is 738 g/mol. The van der Waals surface area contributed by atoms with Crippen molar-refractivity contribution in [2.45, 2.75) is 238 Å². The largest absolute Gasteiger partial charge is 0.462 e. The van der Waals surface area contributed by atoms with Gasteiger partial charge in [-0.25, -0.2) is 0 Å². The Morgan fingerprint density at radius 2 is 0.673 bits per heavy atom. The van der Waals surface area contributed by atoms with Crippen LogP contribution in [0.25, 0.3) is 0 Å². The molecule has 0 saturated carbocycles. The van der Waals surface area contributed by atoms with Crippen LogP contribution in [0.2, 0.25) is 0 Å². The second-order valence-corrected chi connectivity index (χ2v) is 15.1. The molecule has 1 N–H and O–H groups in total. The minimum Gasteiger partial charge on any atom is -0.462 e. The van der Waals surface area contributed by atoms with Crippen LogP contribution in [0.4, 0.5) is 0 Å². The third kappa shape index (κ3) is 37.6. The van der Waals surface area contributed by atoms with Gasteiger partial charge in [0, 0.05) is 26.3 Å². The first kappa shape index (κ1) is 49.9. The normalized spacial score (nSPS) is 11.7. The molecule has 0 aromatic heterocycles. The Morgan fingerprint density at radius 1 is 0.385 bits per heavy atom. The second kappa shape index (κ2) is 40.1. The maximum atomic E-state index is 12.6. The number of carbonyl (C=O) groups excluding carboxylic acids is 4. The fourth-order valence-corrected chi connectivity index (χ4v) is 6.50. The van der Waals surface area contributed by atoms with Gasteiger partial charge >= 0.3 is 17.9 Å². The Morgan fingerprint density at radius 3 is 1.00 bits per heavy atom. The molecule has 1 atom stereocenters. The van der Waals surface area contributed by atoms with Crippen molar-refractivity contribution in [2.75, 3.05) is 20.3 Å². The SMILES string of the molecule is CCCCCCCCCCCCCCCCCC(=O)OC[C@H](COC(=O)CCC(=O)NC)OC(=O)CCCCCCCCCCCCCCCCC. The van der Waals surface area contributed by atoms with Crippen LogP contribution in [0.3, 0.4) is 0 Å². The Balaban J connectivity index is 4.14. The average molecular weight is 738 g/mol. The van der Waals surface area contributed by atoms with Crippen LogP contribution in [-0.4, -0.2) is 50.2 Å². The summed E-state index contributed by atoms with van der Waals surface area (Å²) >= 11 is 0. The minimum absolute atomic E-state index is 0.0211. The molecule has 306 valence electrons. The quantitative estimate of drug-likeness (QED) is 0.0379. The number of hydrogen-bond acceptors (Lipinski definition) is 7.